The number of rotatable bonds is 0. The number of hydrogen-bond donors (Lipinski definition) is 1. The van der Waals surface area contributed by atoms with Crippen molar-refractivity contribution in [2.45, 2.75) is 0 Å². The van der Waals surface area contributed by atoms with Crippen LogP contribution in [0, 0.1) is 0 Å². The average molecular weight is 253 g/mol. The fraction of sp³-hybridized carbons (Fsp3) is 0. The summed E-state index contributed by atoms with van der Waals surface area (Å²) in [5.74, 6) is 0. The molecule has 0 aliphatic carbocycles. The molecule has 0 saturated carbocycles. The first-order valence-corrected chi connectivity index (χ1v) is 0. The van der Waals surface area contributed by atoms with E-state index in [1.165, 1.54) is 0 Å². The van der Waals surface area contributed by atoms with E-state index in [2.05, 4.69) is 0 Å². The maximum atomic E-state index is 0. The van der Waals surface area contributed by atoms with Crippen LogP contribution in [0.1, 0.15) is 0 Å². The Morgan fingerprint density at radius 1 is 0.385 bits per heavy atom. The molecule has 0 bridgehead atoms. The van der Waals surface area contributed by atoms with Gasteiger partial charge in [-0.05, 0) is 0 Å². The summed E-state index contributed by atoms with van der Waals surface area (Å²) in [5.41, 5.74) is 0. The summed E-state index contributed by atoms with van der Waals surface area (Å²) in [4.78, 5) is 0. The van der Waals surface area contributed by atoms with Gasteiger partial charge in [0.05, 0.1) is 0 Å². The molecule has 13 heavy (non-hydrogen) atoms. The van der Waals surface area contributed by atoms with Gasteiger partial charge in [-0.1, -0.05) is 0 Å². The van der Waals surface area contributed by atoms with Crippen molar-refractivity contribution in [2.75, 3.05) is 0 Å². The molecule has 0 aromatic heterocycles. The van der Waals surface area contributed by atoms with E-state index in [0.29, 0.717) is 0 Å². The van der Waals surface area contributed by atoms with E-state index in [1.54, 1.807) is 0 Å². The van der Waals surface area contributed by atoms with Gasteiger partial charge in [-0.3, -0.25) is 0 Å². The summed E-state index contributed by atoms with van der Waals surface area (Å²) in [6.07, 6.45) is 0. The summed E-state index contributed by atoms with van der Waals surface area (Å²) in [6, 6.07) is 0. The van der Waals surface area contributed by atoms with E-state index in [1.807, 2.05) is 0 Å². The Morgan fingerprint density at radius 2 is 0.385 bits per heavy atom. The van der Waals surface area contributed by atoms with Gasteiger partial charge < -0.3 is 60.9 Å². The van der Waals surface area contributed by atoms with Gasteiger partial charge in [0.25, 0.3) is 0 Å². The molecule has 0 rings (SSSR count). The van der Waals surface area contributed by atoms with E-state index in [9.17, 15) is 0 Å². The van der Waals surface area contributed by atoms with Crippen LogP contribution in [0.4, 0.5) is 0 Å². The molecule has 0 unspecified atom stereocenters. The third-order valence-electron chi connectivity index (χ3n) is 0. The smallest absolute Gasteiger partial charge is 0.870 e. The molecule has 13 heteroatoms. The first-order valence-electron chi connectivity index (χ1n) is 0. The van der Waals surface area contributed by atoms with Crippen LogP contribution >= 0.6 is 13.5 Å². The van der Waals surface area contributed by atoms with Gasteiger partial charge in [0.2, 0.25) is 0 Å². The Balaban J connectivity index is 0. The van der Waals surface area contributed by atoms with E-state index in [4.69, 9.17) is 0 Å². The van der Waals surface area contributed by atoms with Crippen LogP contribution in [0.25, 0.3) is 0 Å². The molecule has 0 aliphatic rings. The van der Waals surface area contributed by atoms with E-state index in [-0.39, 0.29) is 104 Å². The van der Waals surface area contributed by atoms with Gasteiger partial charge >= 0.3 is 29.6 Å². The van der Waals surface area contributed by atoms with Crippen LogP contribution in [-0.4, -0.2) is 54.8 Å². The zero-order valence-electron chi connectivity index (χ0n) is 7.15. The monoisotopic (exact) mass is 253 g/mol. The van der Waals surface area contributed by atoms with Crippen LogP contribution < -0.4 is 35.7 Å². The Hall–Kier alpha value is 0.910. The minimum atomic E-state index is 0. The molecule has 0 atom stereocenters. The number of hydrogen-bond acceptors (Lipinski definition) is 2. The van der Waals surface area contributed by atoms with Crippen molar-refractivity contribution in [3.8, 4) is 0 Å². The van der Waals surface area contributed by atoms with Crippen LogP contribution in [0.2, 0.25) is 0 Å². The summed E-state index contributed by atoms with van der Waals surface area (Å²) < 4.78 is 0. The third-order valence-corrected chi connectivity index (χ3v) is 0. The van der Waals surface area contributed by atoms with Crippen molar-refractivity contribution in [2.24, 2.45) is 0 Å². The molecule has 0 aromatic rings. The first kappa shape index (κ1) is 2800. The Labute approximate surface area is 104 Å². The standard InChI is InChI=1S/H3N.Na.10H2O.H2S/h1H3;;11*1H2/q;+1;;;;;;;;;;;/p-1. The van der Waals surface area contributed by atoms with Crippen molar-refractivity contribution >= 4 is 13.5 Å². The maximum Gasteiger partial charge on any atom is 1.00 e. The summed E-state index contributed by atoms with van der Waals surface area (Å²) >= 11 is 0. The average Bonchev–Trinajstić information content (AvgIpc) is 0. The fourth-order valence-electron chi connectivity index (χ4n) is 0. The molecular weight excluding hydrogens is 229 g/mol. The molecule has 0 radical (unpaired) electrons. The quantitative estimate of drug-likeness (QED) is 0.410. The summed E-state index contributed by atoms with van der Waals surface area (Å²) in [7, 11) is 0. The molecule has 11 nitrogen and oxygen atoms in total. The van der Waals surface area contributed by atoms with Crippen molar-refractivity contribution in [3.63, 3.8) is 0 Å². The predicted octanol–water partition coefficient (Wildman–Crippen LogP) is -10.3. The van der Waals surface area contributed by atoms with Crippen molar-refractivity contribution in [1.29, 1.82) is 0 Å². The van der Waals surface area contributed by atoms with E-state index < -0.39 is 0 Å². The van der Waals surface area contributed by atoms with E-state index >= 15 is 0 Å². The molecule has 0 heterocycles. The second-order valence-corrected chi connectivity index (χ2v) is 0. The van der Waals surface area contributed by atoms with Gasteiger partial charge in [-0.15, -0.1) is 0 Å². The SMILES string of the molecule is N.O.O.O.O.O.O.O.O.O.S.[Na+].[OH-]. The second kappa shape index (κ2) is 2210. The molecule has 0 aliphatic heterocycles. The van der Waals surface area contributed by atoms with Gasteiger partial charge in [-0.2, -0.15) is 13.5 Å². The zero-order valence-corrected chi connectivity index (χ0v) is 10.2. The molecule has 22 N–H and O–H groups in total. The minimum Gasteiger partial charge on any atom is -0.870 e. The molecule has 0 amide bonds. The van der Waals surface area contributed by atoms with E-state index in [0.717, 1.165) is 0 Å². The molecule has 0 fully saturated rings. The predicted molar refractivity (Wildman–Crippen MR) is 49.9 cm³/mol. The summed E-state index contributed by atoms with van der Waals surface area (Å²) in [5, 5.41) is 0. The van der Waals surface area contributed by atoms with Gasteiger partial charge in [0.15, 0.2) is 0 Å². The Kier molecular flexibility index (Phi) is 476000. The van der Waals surface area contributed by atoms with Crippen molar-refractivity contribution < 1.29 is 84.3 Å². The molecule has 0 saturated heterocycles. The van der Waals surface area contributed by atoms with Crippen LogP contribution in [0.3, 0.4) is 0 Å². The Bertz CT molecular complexity index is 14.9. The molecule has 0 aromatic carbocycles. The van der Waals surface area contributed by atoms with Gasteiger partial charge in [0, 0.05) is 0 Å². The van der Waals surface area contributed by atoms with Gasteiger partial charge in [0.1, 0.15) is 0 Å². The summed E-state index contributed by atoms with van der Waals surface area (Å²) in [6.45, 7) is 0. The zero-order chi connectivity index (χ0) is 0. The molecule has 96 valence electrons. The van der Waals surface area contributed by atoms with Crippen LogP contribution in [0.5, 0.6) is 0 Å². The van der Waals surface area contributed by atoms with Crippen molar-refractivity contribution in [1.82, 2.24) is 6.15 Å². The maximum absolute atomic E-state index is 0. The molecular formula is H24NNaO10S. The van der Waals surface area contributed by atoms with Crippen LogP contribution in [-0.2, 0) is 0 Å². The third kappa shape index (κ3) is 1860. The largest absolute Gasteiger partial charge is 1.00 e. The Morgan fingerprint density at radius 3 is 0.385 bits per heavy atom. The van der Waals surface area contributed by atoms with Gasteiger partial charge in [-0.25, -0.2) is 0 Å². The minimum absolute atomic E-state index is 0. The van der Waals surface area contributed by atoms with Crippen LogP contribution in [0.15, 0.2) is 0 Å². The van der Waals surface area contributed by atoms with Crippen molar-refractivity contribution in [3.05, 3.63) is 0 Å². The fourth-order valence-corrected chi connectivity index (χ4v) is 0. The first-order chi connectivity index (χ1) is 0. The topological polar surface area (TPSA) is 348 Å². The molecule has 0 spiro atoms. The normalized spacial score (nSPS) is 0. The second-order valence-electron chi connectivity index (χ2n) is 0.